The van der Waals surface area contributed by atoms with Crippen LogP contribution in [0.1, 0.15) is 18.5 Å². The summed E-state index contributed by atoms with van der Waals surface area (Å²) in [4.78, 5) is 26.5. The Hall–Kier alpha value is -3.81. The van der Waals surface area contributed by atoms with E-state index >= 15 is 0 Å². The van der Waals surface area contributed by atoms with Crippen molar-refractivity contribution in [2.75, 3.05) is 6.54 Å². The molecule has 1 unspecified atom stereocenters. The second-order valence-corrected chi connectivity index (χ2v) is 7.72. The number of para-hydroxylation sites is 1. The van der Waals surface area contributed by atoms with Gasteiger partial charge >= 0.3 is 17.3 Å². The number of guanidine groups is 1. The van der Waals surface area contributed by atoms with Crippen molar-refractivity contribution >= 4 is 5.96 Å². The lowest BCUT2D eigenvalue weighted by atomic mass is 10.0. The van der Waals surface area contributed by atoms with E-state index in [2.05, 4.69) is 5.32 Å². The maximum absolute atomic E-state index is 13.3. The van der Waals surface area contributed by atoms with Crippen LogP contribution in [0.25, 0.3) is 5.69 Å². The summed E-state index contributed by atoms with van der Waals surface area (Å²) in [5.74, 6) is 0.552. The van der Waals surface area contributed by atoms with Gasteiger partial charge in [0.05, 0.1) is 25.3 Å². The first-order valence-corrected chi connectivity index (χ1v) is 9.92. The van der Waals surface area contributed by atoms with Crippen molar-refractivity contribution in [2.45, 2.75) is 26.1 Å². The highest BCUT2D eigenvalue weighted by Gasteiger charge is 2.38. The number of hydrogen-bond acceptors (Lipinski definition) is 4. The van der Waals surface area contributed by atoms with E-state index in [0.717, 1.165) is 16.8 Å². The van der Waals surface area contributed by atoms with E-state index in [0.29, 0.717) is 31.3 Å². The first kappa shape index (κ1) is 18.2. The third-order valence-corrected chi connectivity index (χ3v) is 5.76. The Kier molecular flexibility index (Phi) is 4.20. The molecule has 0 saturated heterocycles. The number of aromatic nitrogens is 3. The Morgan fingerprint density at radius 3 is 2.40 bits per heavy atom. The molecule has 0 bridgehead atoms. The number of allylic oxidation sites excluding steroid dienone is 1. The zero-order valence-corrected chi connectivity index (χ0v) is 16.7. The summed E-state index contributed by atoms with van der Waals surface area (Å²) in [6.07, 6.45) is 0. The van der Waals surface area contributed by atoms with Crippen molar-refractivity contribution in [1.82, 2.24) is 19.2 Å². The van der Waals surface area contributed by atoms with Crippen LogP contribution < -0.4 is 22.4 Å². The molecular weight excluding hydrogens is 380 g/mol. The van der Waals surface area contributed by atoms with Gasteiger partial charge in [-0.25, -0.2) is 28.8 Å². The molecule has 8 heteroatoms. The molecule has 0 fully saturated rings. The van der Waals surface area contributed by atoms with Crippen molar-refractivity contribution in [3.8, 4) is 5.69 Å². The van der Waals surface area contributed by atoms with E-state index in [1.54, 1.807) is 16.8 Å². The predicted octanol–water partition coefficient (Wildman–Crippen LogP) is 0.760. The molecule has 0 radical (unpaired) electrons. The second kappa shape index (κ2) is 6.91. The van der Waals surface area contributed by atoms with Crippen LogP contribution in [0.2, 0.25) is 0 Å². The number of nitrogens with two attached hydrogens (primary N) is 1. The molecule has 2 aromatic carbocycles. The van der Waals surface area contributed by atoms with Crippen LogP contribution in [-0.4, -0.2) is 31.0 Å². The van der Waals surface area contributed by atoms with Gasteiger partial charge in [-0.2, -0.15) is 0 Å². The fourth-order valence-electron chi connectivity index (χ4n) is 4.29. The topological polar surface area (TPSA) is 90.0 Å². The van der Waals surface area contributed by atoms with Crippen LogP contribution >= 0.6 is 0 Å². The predicted molar refractivity (Wildman–Crippen MR) is 114 cm³/mol. The van der Waals surface area contributed by atoms with Gasteiger partial charge in [0, 0.05) is 0 Å². The quantitative estimate of drug-likeness (QED) is 0.632. The minimum Gasteiger partial charge on any atom is -0.290 e. The molecular formula is C22H23N6O2+. The highest BCUT2D eigenvalue weighted by atomic mass is 16.2. The summed E-state index contributed by atoms with van der Waals surface area (Å²) in [5, 5.41) is 3.29. The average molecular weight is 403 g/mol. The van der Waals surface area contributed by atoms with Gasteiger partial charge in [-0.1, -0.05) is 48.5 Å². The minimum absolute atomic E-state index is 0.320. The fraction of sp³-hybridized carbons (Fsp3) is 0.227. The third kappa shape index (κ3) is 2.80. The maximum atomic E-state index is 13.3. The Labute approximate surface area is 172 Å². The van der Waals surface area contributed by atoms with Crippen LogP contribution in [-0.2, 0) is 13.1 Å². The van der Waals surface area contributed by atoms with Gasteiger partial charge in [0.1, 0.15) is 11.7 Å². The summed E-state index contributed by atoms with van der Waals surface area (Å²) in [7, 11) is 0. The smallest absolute Gasteiger partial charge is 0.290 e. The first-order chi connectivity index (χ1) is 14.5. The standard InChI is InChI=1S/C22H22N6O2/c1-15-12-26-21(29)27(17-10-6-3-7-11-17)22(30)28(26)18-14-25(20(23)24-19(15)18)13-16-8-4-2-5-9-16/h2-11,18H,12-14H2,1H3,(H2,23,24)/p+1. The summed E-state index contributed by atoms with van der Waals surface area (Å²) >= 11 is 0. The van der Waals surface area contributed by atoms with Crippen molar-refractivity contribution in [3.63, 3.8) is 0 Å². The summed E-state index contributed by atoms with van der Waals surface area (Å²) in [6, 6.07) is 18.7. The molecule has 2 aliphatic heterocycles. The second-order valence-electron chi connectivity index (χ2n) is 7.72. The van der Waals surface area contributed by atoms with Crippen LogP contribution in [0.4, 0.5) is 0 Å². The summed E-state index contributed by atoms with van der Waals surface area (Å²) in [5.41, 5.74) is 9.21. The monoisotopic (exact) mass is 403 g/mol. The average Bonchev–Trinajstić information content (AvgIpc) is 3.00. The fourth-order valence-corrected chi connectivity index (χ4v) is 4.29. The van der Waals surface area contributed by atoms with E-state index in [1.165, 1.54) is 9.25 Å². The zero-order valence-electron chi connectivity index (χ0n) is 16.7. The van der Waals surface area contributed by atoms with Gasteiger partial charge in [0.15, 0.2) is 0 Å². The lowest BCUT2D eigenvalue weighted by Crippen LogP contribution is -2.53. The number of hydrogen-bond donors (Lipinski definition) is 2. The molecule has 8 nitrogen and oxygen atoms in total. The van der Waals surface area contributed by atoms with E-state index in [-0.39, 0.29) is 17.4 Å². The third-order valence-electron chi connectivity index (χ3n) is 5.76. The minimum atomic E-state index is -0.344. The van der Waals surface area contributed by atoms with Gasteiger partial charge < -0.3 is 0 Å². The highest BCUT2D eigenvalue weighted by molar-refractivity contribution is 5.75. The number of benzene rings is 2. The van der Waals surface area contributed by atoms with Gasteiger partial charge in [-0.05, 0) is 30.2 Å². The Morgan fingerprint density at radius 2 is 1.70 bits per heavy atom. The lowest BCUT2D eigenvalue weighted by Gasteiger charge is -2.32. The molecule has 152 valence electrons. The molecule has 3 N–H and O–H groups in total. The maximum Gasteiger partial charge on any atom is 0.352 e. The van der Waals surface area contributed by atoms with Crippen molar-refractivity contribution in [3.05, 3.63) is 98.5 Å². The number of rotatable bonds is 3. The first-order valence-electron chi connectivity index (χ1n) is 9.92. The molecule has 5 rings (SSSR count). The van der Waals surface area contributed by atoms with Crippen LogP contribution in [0.5, 0.6) is 0 Å². The van der Waals surface area contributed by atoms with Gasteiger partial charge in [-0.15, -0.1) is 0 Å². The van der Waals surface area contributed by atoms with Gasteiger partial charge in [0.25, 0.3) is 0 Å². The lowest BCUT2D eigenvalue weighted by molar-refractivity contribution is -0.554. The molecule has 2 aliphatic rings. The highest BCUT2D eigenvalue weighted by Crippen LogP contribution is 2.26. The number of nitrogens with one attached hydrogen (secondary N) is 1. The van der Waals surface area contributed by atoms with Gasteiger partial charge in [-0.3, -0.25) is 10.3 Å². The molecule has 3 heterocycles. The molecule has 0 saturated carbocycles. The van der Waals surface area contributed by atoms with E-state index in [1.807, 2.05) is 60.0 Å². The molecule has 1 aromatic heterocycles. The molecule has 0 aliphatic carbocycles. The Bertz CT molecular complexity index is 1290. The van der Waals surface area contributed by atoms with Crippen molar-refractivity contribution < 1.29 is 4.58 Å². The largest absolute Gasteiger partial charge is 0.352 e. The summed E-state index contributed by atoms with van der Waals surface area (Å²) in [6.45, 7) is 3.42. The van der Waals surface area contributed by atoms with Crippen molar-refractivity contribution in [2.24, 2.45) is 5.73 Å². The Balaban J connectivity index is 1.61. The van der Waals surface area contributed by atoms with Crippen molar-refractivity contribution in [1.29, 1.82) is 0 Å². The van der Waals surface area contributed by atoms with E-state index < -0.39 is 0 Å². The molecule has 0 amide bonds. The van der Waals surface area contributed by atoms with Gasteiger partial charge in [0.2, 0.25) is 0 Å². The molecule has 3 aromatic rings. The number of nitrogens with zero attached hydrogens (tertiary/aromatic N) is 4. The van der Waals surface area contributed by atoms with E-state index in [9.17, 15) is 9.59 Å². The van der Waals surface area contributed by atoms with Crippen LogP contribution in [0, 0.1) is 0 Å². The molecule has 30 heavy (non-hydrogen) atoms. The molecule has 0 spiro atoms. The van der Waals surface area contributed by atoms with Crippen LogP contribution in [0.3, 0.4) is 0 Å². The van der Waals surface area contributed by atoms with E-state index in [4.69, 9.17) is 5.73 Å². The zero-order chi connectivity index (χ0) is 20.8. The number of fused-ring (bicyclic) bond motifs is 3. The van der Waals surface area contributed by atoms with Crippen LogP contribution in [0.15, 0.2) is 81.5 Å². The molecule has 1 atom stereocenters. The normalized spacial score (nSPS) is 18.1. The SMILES string of the molecule is CC1=C2NC(N)=[N+](Cc3ccccc3)CC2n2c(=O)n(-c3ccccc3)c(=O)n2C1. The Morgan fingerprint density at radius 1 is 1.03 bits per heavy atom. The summed E-state index contributed by atoms with van der Waals surface area (Å²) < 4.78 is 6.33.